The second-order valence-electron chi connectivity index (χ2n) is 5.72. The first-order chi connectivity index (χ1) is 11.7. The summed E-state index contributed by atoms with van der Waals surface area (Å²) < 4.78 is 7.41. The minimum absolute atomic E-state index is 0.165. The lowest BCUT2D eigenvalue weighted by Crippen LogP contribution is -2.03. The summed E-state index contributed by atoms with van der Waals surface area (Å²) in [6.07, 6.45) is 2.27. The lowest BCUT2D eigenvalue weighted by Gasteiger charge is -2.09. The zero-order valence-corrected chi connectivity index (χ0v) is 14.2. The van der Waals surface area contributed by atoms with E-state index in [-0.39, 0.29) is 6.61 Å². The lowest BCUT2D eigenvalue weighted by molar-refractivity contribution is 0.280. The number of nitrogens with one attached hydrogen (secondary N) is 1. The van der Waals surface area contributed by atoms with Gasteiger partial charge < -0.3 is 19.7 Å². The molecule has 0 spiro atoms. The Kier molecular flexibility index (Phi) is 4.66. The molecule has 2 heterocycles. The van der Waals surface area contributed by atoms with Gasteiger partial charge in [-0.3, -0.25) is 0 Å². The maximum Gasteiger partial charge on any atom is 0.145 e. The van der Waals surface area contributed by atoms with Gasteiger partial charge in [0.25, 0.3) is 0 Å². The summed E-state index contributed by atoms with van der Waals surface area (Å²) in [6, 6.07) is 7.74. The summed E-state index contributed by atoms with van der Waals surface area (Å²) in [6.45, 7) is 5.05. The minimum atomic E-state index is 0.165. The van der Waals surface area contributed by atoms with Gasteiger partial charge in [0, 0.05) is 30.6 Å². The fraction of sp³-hybridized carbons (Fsp3) is 0.333. The third-order valence-corrected chi connectivity index (χ3v) is 4.28. The predicted molar refractivity (Wildman–Crippen MR) is 95.0 cm³/mol. The molecule has 6 heteroatoms. The average molecular weight is 326 g/mol. The van der Waals surface area contributed by atoms with Crippen molar-refractivity contribution in [1.82, 2.24) is 14.5 Å². The van der Waals surface area contributed by atoms with E-state index in [2.05, 4.69) is 33.7 Å². The van der Waals surface area contributed by atoms with Gasteiger partial charge in [-0.05, 0) is 38.0 Å². The normalized spacial score (nSPS) is 11.0. The molecule has 2 N–H and O–H groups in total. The zero-order chi connectivity index (χ0) is 17.1. The number of ether oxygens (including phenoxy) is 1. The van der Waals surface area contributed by atoms with Crippen LogP contribution < -0.4 is 10.1 Å². The number of rotatable bonds is 6. The highest BCUT2D eigenvalue weighted by atomic mass is 16.5. The fourth-order valence-corrected chi connectivity index (χ4v) is 2.90. The molecule has 0 amide bonds. The second-order valence-corrected chi connectivity index (χ2v) is 5.72. The molecule has 126 valence electrons. The van der Waals surface area contributed by atoms with Crippen LogP contribution in [-0.2, 0) is 6.54 Å². The molecular formula is C18H22N4O2. The predicted octanol–water partition coefficient (Wildman–Crippen LogP) is 3.18. The van der Waals surface area contributed by atoms with Gasteiger partial charge in [0.1, 0.15) is 23.5 Å². The van der Waals surface area contributed by atoms with Crippen LogP contribution in [0.5, 0.6) is 5.75 Å². The molecule has 0 saturated heterocycles. The van der Waals surface area contributed by atoms with Crippen molar-refractivity contribution in [1.29, 1.82) is 0 Å². The van der Waals surface area contributed by atoms with E-state index in [1.165, 1.54) is 0 Å². The first-order valence-corrected chi connectivity index (χ1v) is 7.98. The van der Waals surface area contributed by atoms with Crippen molar-refractivity contribution in [2.45, 2.75) is 26.8 Å². The molecule has 0 aliphatic rings. The molecule has 0 saturated carbocycles. The van der Waals surface area contributed by atoms with Gasteiger partial charge in [0.15, 0.2) is 0 Å². The van der Waals surface area contributed by atoms with E-state index in [0.717, 1.165) is 46.1 Å². The molecule has 3 aromatic rings. The Morgan fingerprint density at radius 2 is 2.08 bits per heavy atom. The van der Waals surface area contributed by atoms with Crippen LogP contribution in [0, 0.1) is 13.8 Å². The van der Waals surface area contributed by atoms with E-state index < -0.39 is 0 Å². The third-order valence-electron chi connectivity index (χ3n) is 4.28. The van der Waals surface area contributed by atoms with Gasteiger partial charge in [0.2, 0.25) is 0 Å². The number of aryl methyl sites for hydroxylation is 2. The number of fused-ring (bicyclic) bond motifs is 1. The van der Waals surface area contributed by atoms with Crippen LogP contribution in [0.15, 0.2) is 30.6 Å². The molecule has 6 nitrogen and oxygen atoms in total. The van der Waals surface area contributed by atoms with E-state index >= 15 is 0 Å². The van der Waals surface area contributed by atoms with Crippen molar-refractivity contribution in [3.05, 3.63) is 41.9 Å². The van der Waals surface area contributed by atoms with Gasteiger partial charge >= 0.3 is 0 Å². The minimum Gasteiger partial charge on any atom is -0.497 e. The number of aromatic nitrogens is 3. The topological polar surface area (TPSA) is 72.2 Å². The number of anilines is 2. The summed E-state index contributed by atoms with van der Waals surface area (Å²) in [4.78, 5) is 8.88. The van der Waals surface area contributed by atoms with Crippen LogP contribution in [0.1, 0.15) is 17.7 Å². The SMILES string of the molecule is COc1cccc(Nc2ncnc3c2c(C)c(C)n3CCCO)c1. The maximum atomic E-state index is 9.13. The highest BCUT2D eigenvalue weighted by Crippen LogP contribution is 2.31. The Morgan fingerprint density at radius 3 is 2.83 bits per heavy atom. The van der Waals surface area contributed by atoms with Gasteiger partial charge in [-0.2, -0.15) is 0 Å². The number of aliphatic hydroxyl groups excluding tert-OH is 1. The Morgan fingerprint density at radius 1 is 1.25 bits per heavy atom. The number of aliphatic hydroxyl groups is 1. The molecule has 1 aromatic carbocycles. The molecule has 0 radical (unpaired) electrons. The third kappa shape index (κ3) is 2.92. The van der Waals surface area contributed by atoms with Gasteiger partial charge in [-0.15, -0.1) is 0 Å². The van der Waals surface area contributed by atoms with Crippen LogP contribution in [-0.4, -0.2) is 33.4 Å². The van der Waals surface area contributed by atoms with Gasteiger partial charge in [-0.1, -0.05) is 6.07 Å². The molecule has 0 unspecified atom stereocenters. The first-order valence-electron chi connectivity index (χ1n) is 7.98. The molecule has 0 bridgehead atoms. The molecule has 0 aliphatic carbocycles. The van der Waals surface area contributed by atoms with Crippen molar-refractivity contribution in [3.63, 3.8) is 0 Å². The average Bonchev–Trinajstić information content (AvgIpc) is 2.85. The van der Waals surface area contributed by atoms with Crippen molar-refractivity contribution >= 4 is 22.5 Å². The summed E-state index contributed by atoms with van der Waals surface area (Å²) in [5.41, 5.74) is 4.09. The number of methoxy groups -OCH3 is 1. The number of benzene rings is 1. The molecule has 0 aliphatic heterocycles. The van der Waals surface area contributed by atoms with Crippen molar-refractivity contribution < 1.29 is 9.84 Å². The fourth-order valence-electron chi connectivity index (χ4n) is 2.90. The van der Waals surface area contributed by atoms with Crippen LogP contribution in [0.2, 0.25) is 0 Å². The lowest BCUT2D eigenvalue weighted by atomic mass is 10.2. The highest BCUT2D eigenvalue weighted by molar-refractivity contribution is 5.93. The molecule has 0 atom stereocenters. The quantitative estimate of drug-likeness (QED) is 0.728. The largest absolute Gasteiger partial charge is 0.497 e. The number of nitrogens with zero attached hydrogens (tertiary/aromatic N) is 3. The van der Waals surface area contributed by atoms with Crippen LogP contribution >= 0.6 is 0 Å². The van der Waals surface area contributed by atoms with Gasteiger partial charge in [0.05, 0.1) is 12.5 Å². The first kappa shape index (κ1) is 16.3. The maximum absolute atomic E-state index is 9.13. The summed E-state index contributed by atoms with van der Waals surface area (Å²) >= 11 is 0. The second kappa shape index (κ2) is 6.88. The van der Waals surface area contributed by atoms with Crippen molar-refractivity contribution in [2.75, 3.05) is 19.0 Å². The Bertz CT molecular complexity index is 858. The van der Waals surface area contributed by atoms with E-state index in [0.29, 0.717) is 6.42 Å². The number of hydrogen-bond donors (Lipinski definition) is 2. The molecular weight excluding hydrogens is 304 g/mol. The Hall–Kier alpha value is -2.60. The molecule has 3 rings (SSSR count). The van der Waals surface area contributed by atoms with Crippen molar-refractivity contribution in [3.8, 4) is 5.75 Å². The van der Waals surface area contributed by atoms with E-state index in [9.17, 15) is 0 Å². The monoisotopic (exact) mass is 326 g/mol. The summed E-state index contributed by atoms with van der Waals surface area (Å²) in [7, 11) is 1.65. The smallest absolute Gasteiger partial charge is 0.145 e. The van der Waals surface area contributed by atoms with Gasteiger partial charge in [-0.25, -0.2) is 9.97 Å². The van der Waals surface area contributed by atoms with Crippen LogP contribution in [0.25, 0.3) is 11.0 Å². The standard InChI is InChI=1S/C18H22N4O2/c1-12-13(2)22(8-5-9-23)18-16(12)17(19-11-20-18)21-14-6-4-7-15(10-14)24-3/h4,6-7,10-11,23H,5,8-9H2,1-3H3,(H,19,20,21). The van der Waals surface area contributed by atoms with Crippen LogP contribution in [0.4, 0.5) is 11.5 Å². The van der Waals surface area contributed by atoms with Crippen molar-refractivity contribution in [2.24, 2.45) is 0 Å². The molecule has 0 fully saturated rings. The highest BCUT2D eigenvalue weighted by Gasteiger charge is 2.16. The number of hydrogen-bond acceptors (Lipinski definition) is 5. The Balaban J connectivity index is 2.05. The summed E-state index contributed by atoms with van der Waals surface area (Å²) in [5, 5.41) is 13.5. The van der Waals surface area contributed by atoms with E-state index in [1.54, 1.807) is 13.4 Å². The summed E-state index contributed by atoms with van der Waals surface area (Å²) in [5.74, 6) is 1.57. The molecule has 2 aromatic heterocycles. The van der Waals surface area contributed by atoms with Crippen LogP contribution in [0.3, 0.4) is 0 Å². The zero-order valence-electron chi connectivity index (χ0n) is 14.2. The molecule has 24 heavy (non-hydrogen) atoms. The van der Waals surface area contributed by atoms with E-state index in [4.69, 9.17) is 9.84 Å². The van der Waals surface area contributed by atoms with E-state index in [1.807, 2.05) is 24.3 Å². The Labute approximate surface area is 141 Å².